The van der Waals surface area contributed by atoms with E-state index in [-0.39, 0.29) is 17.1 Å². The molecule has 0 saturated carbocycles. The van der Waals surface area contributed by atoms with Crippen LogP contribution in [-0.4, -0.2) is 24.7 Å². The van der Waals surface area contributed by atoms with E-state index in [9.17, 15) is 15.2 Å². The Kier molecular flexibility index (Phi) is 6.02. The molecule has 0 fully saturated rings. The number of hydrogen-bond donors (Lipinski definition) is 2. The number of ether oxygens (including phenoxy) is 2. The Hall–Kier alpha value is -3.46. The number of aromatic hydroxyl groups is 1. The van der Waals surface area contributed by atoms with E-state index in [1.165, 1.54) is 13.2 Å². The third kappa shape index (κ3) is 4.52. The van der Waals surface area contributed by atoms with Crippen LogP contribution in [-0.2, 0) is 4.79 Å². The Labute approximate surface area is 145 Å². The molecule has 0 unspecified atom stereocenters. The Morgan fingerprint density at radius 1 is 1.32 bits per heavy atom. The van der Waals surface area contributed by atoms with Gasteiger partial charge in [-0.1, -0.05) is 18.2 Å². The molecule has 2 rings (SSSR count). The predicted octanol–water partition coefficient (Wildman–Crippen LogP) is 3.35. The van der Waals surface area contributed by atoms with E-state index in [2.05, 4.69) is 5.32 Å². The number of phenolic OH excluding ortho intramolecular Hbond substituents is 1. The highest BCUT2D eigenvalue weighted by Crippen LogP contribution is 2.31. The second kappa shape index (κ2) is 8.41. The molecule has 0 spiro atoms. The van der Waals surface area contributed by atoms with Gasteiger partial charge in [-0.05, 0) is 31.2 Å². The van der Waals surface area contributed by atoms with Crippen LogP contribution in [0, 0.1) is 11.3 Å². The van der Waals surface area contributed by atoms with Crippen LogP contribution in [0.3, 0.4) is 0 Å². The number of hydrogen-bond acceptors (Lipinski definition) is 5. The average molecular weight is 338 g/mol. The first-order valence-corrected chi connectivity index (χ1v) is 7.61. The molecule has 0 aliphatic carbocycles. The molecule has 0 heterocycles. The Balaban J connectivity index is 2.24. The Morgan fingerprint density at radius 2 is 2.08 bits per heavy atom. The lowest BCUT2D eigenvalue weighted by Crippen LogP contribution is -2.13. The fourth-order valence-corrected chi connectivity index (χ4v) is 2.15. The number of nitrogens with zero attached hydrogens (tertiary/aromatic N) is 1. The molecule has 0 saturated heterocycles. The Morgan fingerprint density at radius 3 is 2.76 bits per heavy atom. The summed E-state index contributed by atoms with van der Waals surface area (Å²) in [6, 6.07) is 13.5. The minimum Gasteiger partial charge on any atom is -0.504 e. The molecule has 0 aromatic heterocycles. The molecule has 25 heavy (non-hydrogen) atoms. The molecule has 6 nitrogen and oxygen atoms in total. The highest BCUT2D eigenvalue weighted by atomic mass is 16.5. The number of amides is 1. The number of phenols is 1. The van der Waals surface area contributed by atoms with Crippen LogP contribution in [0.5, 0.6) is 17.2 Å². The predicted molar refractivity (Wildman–Crippen MR) is 94.5 cm³/mol. The van der Waals surface area contributed by atoms with Gasteiger partial charge in [0.25, 0.3) is 5.91 Å². The molecule has 0 atom stereocenters. The third-order valence-corrected chi connectivity index (χ3v) is 3.32. The lowest BCUT2D eigenvalue weighted by Gasteiger charge is -2.08. The normalized spacial score (nSPS) is 10.7. The number of benzene rings is 2. The summed E-state index contributed by atoms with van der Waals surface area (Å²) < 4.78 is 10.4. The summed E-state index contributed by atoms with van der Waals surface area (Å²) in [4.78, 5) is 12.3. The van der Waals surface area contributed by atoms with E-state index < -0.39 is 5.91 Å². The number of nitriles is 1. The zero-order valence-electron chi connectivity index (χ0n) is 13.9. The molecule has 2 N–H and O–H groups in total. The molecule has 2 aromatic carbocycles. The second-order valence-electron chi connectivity index (χ2n) is 4.98. The van der Waals surface area contributed by atoms with Gasteiger partial charge >= 0.3 is 0 Å². The van der Waals surface area contributed by atoms with Crippen molar-refractivity contribution in [2.24, 2.45) is 0 Å². The Bertz CT molecular complexity index is 838. The van der Waals surface area contributed by atoms with Crippen molar-refractivity contribution in [3.05, 3.63) is 53.6 Å². The first-order chi connectivity index (χ1) is 12.1. The topological polar surface area (TPSA) is 91.6 Å². The minimum atomic E-state index is -0.585. The first kappa shape index (κ1) is 17.9. The van der Waals surface area contributed by atoms with Crippen molar-refractivity contribution in [3.8, 4) is 23.3 Å². The van der Waals surface area contributed by atoms with E-state index in [0.29, 0.717) is 23.6 Å². The number of rotatable bonds is 6. The number of nitrogens with one attached hydrogen (secondary N) is 1. The molecule has 128 valence electrons. The van der Waals surface area contributed by atoms with Crippen molar-refractivity contribution >= 4 is 17.7 Å². The maximum absolute atomic E-state index is 12.3. The van der Waals surface area contributed by atoms with Crippen molar-refractivity contribution in [2.75, 3.05) is 19.0 Å². The summed E-state index contributed by atoms with van der Waals surface area (Å²) in [5.41, 5.74) is 0.673. The van der Waals surface area contributed by atoms with E-state index >= 15 is 0 Å². The maximum atomic E-state index is 12.3. The molecule has 0 radical (unpaired) electrons. The first-order valence-electron chi connectivity index (χ1n) is 7.61. The van der Waals surface area contributed by atoms with Crippen LogP contribution in [0.4, 0.5) is 5.69 Å². The van der Waals surface area contributed by atoms with Crippen LogP contribution in [0.25, 0.3) is 6.08 Å². The van der Waals surface area contributed by atoms with Crippen molar-refractivity contribution in [2.45, 2.75) is 6.92 Å². The summed E-state index contributed by atoms with van der Waals surface area (Å²) in [6.45, 7) is 2.37. The molecular weight excluding hydrogens is 320 g/mol. The van der Waals surface area contributed by atoms with Gasteiger partial charge < -0.3 is 19.9 Å². The van der Waals surface area contributed by atoms with E-state index in [1.807, 2.05) is 13.0 Å². The van der Waals surface area contributed by atoms with Crippen LogP contribution >= 0.6 is 0 Å². The fourth-order valence-electron chi connectivity index (χ4n) is 2.15. The largest absolute Gasteiger partial charge is 0.504 e. The smallest absolute Gasteiger partial charge is 0.266 e. The number of anilines is 1. The number of methoxy groups -OCH3 is 1. The van der Waals surface area contributed by atoms with Gasteiger partial charge in [0, 0.05) is 17.3 Å². The average Bonchev–Trinajstić information content (AvgIpc) is 2.61. The fraction of sp³-hybridized carbons (Fsp3) is 0.158. The summed E-state index contributed by atoms with van der Waals surface area (Å²) in [7, 11) is 1.42. The highest BCUT2D eigenvalue weighted by Gasteiger charge is 2.13. The standard InChI is InChI=1S/C19H18N2O4/c1-3-25-16-8-5-7-15(11-16)21-19(23)14(12-20)10-13-6-4-9-17(24-2)18(13)22/h4-11,22H,3H2,1-2H3,(H,21,23)/b14-10-. The van der Waals surface area contributed by atoms with Crippen LogP contribution in [0.2, 0.25) is 0 Å². The van der Waals surface area contributed by atoms with Crippen molar-refractivity contribution < 1.29 is 19.4 Å². The summed E-state index contributed by atoms with van der Waals surface area (Å²) >= 11 is 0. The number of carbonyl (C=O) groups is 1. The van der Waals surface area contributed by atoms with E-state index in [0.717, 1.165) is 0 Å². The molecule has 0 aliphatic rings. The van der Waals surface area contributed by atoms with E-state index in [4.69, 9.17) is 9.47 Å². The van der Waals surface area contributed by atoms with Crippen molar-refractivity contribution in [3.63, 3.8) is 0 Å². The van der Waals surface area contributed by atoms with Crippen LogP contribution < -0.4 is 14.8 Å². The number of carbonyl (C=O) groups excluding carboxylic acids is 1. The lowest BCUT2D eigenvalue weighted by atomic mass is 10.1. The maximum Gasteiger partial charge on any atom is 0.266 e. The molecular formula is C19H18N2O4. The van der Waals surface area contributed by atoms with Gasteiger partial charge in [-0.25, -0.2) is 0 Å². The summed E-state index contributed by atoms with van der Waals surface area (Å²) in [6.07, 6.45) is 1.31. The molecule has 0 aliphatic heterocycles. The third-order valence-electron chi connectivity index (χ3n) is 3.32. The van der Waals surface area contributed by atoms with Crippen molar-refractivity contribution in [1.29, 1.82) is 5.26 Å². The SMILES string of the molecule is CCOc1cccc(NC(=O)/C(C#N)=C\c2cccc(OC)c2O)c1. The van der Waals surface area contributed by atoms with Gasteiger partial charge in [-0.2, -0.15) is 5.26 Å². The summed E-state index contributed by atoms with van der Waals surface area (Å²) in [5.74, 6) is 0.159. The molecule has 2 aromatic rings. The van der Waals surface area contributed by atoms with Gasteiger partial charge in [0.1, 0.15) is 17.4 Å². The van der Waals surface area contributed by atoms with Gasteiger partial charge in [-0.3, -0.25) is 4.79 Å². The quantitative estimate of drug-likeness (QED) is 0.622. The van der Waals surface area contributed by atoms with Gasteiger partial charge in [-0.15, -0.1) is 0 Å². The lowest BCUT2D eigenvalue weighted by molar-refractivity contribution is -0.112. The molecule has 1 amide bonds. The zero-order chi connectivity index (χ0) is 18.2. The highest BCUT2D eigenvalue weighted by molar-refractivity contribution is 6.09. The summed E-state index contributed by atoms with van der Waals surface area (Å²) in [5, 5.41) is 22.0. The zero-order valence-corrected chi connectivity index (χ0v) is 13.9. The van der Waals surface area contributed by atoms with Gasteiger partial charge in [0.2, 0.25) is 0 Å². The van der Waals surface area contributed by atoms with Crippen molar-refractivity contribution in [1.82, 2.24) is 0 Å². The monoisotopic (exact) mass is 338 g/mol. The van der Waals surface area contributed by atoms with Gasteiger partial charge in [0.15, 0.2) is 11.5 Å². The van der Waals surface area contributed by atoms with Crippen LogP contribution in [0.15, 0.2) is 48.0 Å². The number of para-hydroxylation sites is 1. The molecule has 6 heteroatoms. The molecule has 0 bridgehead atoms. The van der Waals surface area contributed by atoms with Crippen LogP contribution in [0.1, 0.15) is 12.5 Å². The van der Waals surface area contributed by atoms with E-state index in [1.54, 1.807) is 42.5 Å². The second-order valence-corrected chi connectivity index (χ2v) is 4.98. The van der Waals surface area contributed by atoms with Gasteiger partial charge in [0.05, 0.1) is 13.7 Å². The minimum absolute atomic E-state index is 0.135.